The van der Waals surface area contributed by atoms with Crippen molar-refractivity contribution in [3.63, 3.8) is 0 Å². The predicted octanol–water partition coefficient (Wildman–Crippen LogP) is 3.88. The Kier molecular flexibility index (Phi) is 4.56. The highest BCUT2D eigenvalue weighted by molar-refractivity contribution is 7.91. The molecule has 0 spiro atoms. The lowest BCUT2D eigenvalue weighted by molar-refractivity contribution is -0.137. The number of halogens is 3. The number of alkyl halides is 3. The zero-order valence-corrected chi connectivity index (χ0v) is 16.3. The van der Waals surface area contributed by atoms with Gasteiger partial charge in [0, 0.05) is 17.1 Å². The van der Waals surface area contributed by atoms with Gasteiger partial charge in [0.25, 0.3) is 0 Å². The molecule has 2 aromatic heterocycles. The molecule has 3 aromatic rings. The first-order chi connectivity index (χ1) is 13.5. The van der Waals surface area contributed by atoms with E-state index in [4.69, 9.17) is 0 Å². The van der Waals surface area contributed by atoms with Crippen LogP contribution in [0.2, 0.25) is 0 Å². The van der Waals surface area contributed by atoms with Crippen molar-refractivity contribution in [3.8, 4) is 17.0 Å². The van der Waals surface area contributed by atoms with E-state index < -0.39 is 27.3 Å². The number of rotatable bonds is 2. The van der Waals surface area contributed by atoms with Crippen molar-refractivity contribution in [2.24, 2.45) is 0 Å². The Morgan fingerprint density at radius 3 is 2.48 bits per heavy atom. The highest BCUT2D eigenvalue weighted by atomic mass is 32.2. The lowest BCUT2D eigenvalue weighted by Gasteiger charge is -2.21. The molecule has 6 nitrogen and oxygen atoms in total. The molecule has 1 fully saturated rings. The van der Waals surface area contributed by atoms with E-state index in [0.717, 1.165) is 11.5 Å². The average Bonchev–Trinajstić information content (AvgIpc) is 3.03. The van der Waals surface area contributed by atoms with Crippen LogP contribution >= 0.6 is 0 Å². The number of pyridine rings is 1. The third-order valence-electron chi connectivity index (χ3n) is 5.18. The highest BCUT2D eigenvalue weighted by Gasteiger charge is 2.32. The van der Waals surface area contributed by atoms with E-state index >= 15 is 0 Å². The van der Waals surface area contributed by atoms with Crippen molar-refractivity contribution >= 4 is 20.9 Å². The first-order valence-electron chi connectivity index (χ1n) is 9.01. The monoisotopic (exact) mass is 425 g/mol. The molecule has 0 atom stereocenters. The number of benzene rings is 1. The normalized spacial score (nSPS) is 17.7. The molecule has 0 unspecified atom stereocenters. The third kappa shape index (κ3) is 3.81. The Bertz CT molecular complexity index is 1170. The van der Waals surface area contributed by atoms with Gasteiger partial charge in [-0.1, -0.05) is 0 Å². The third-order valence-corrected chi connectivity index (χ3v) is 6.90. The van der Waals surface area contributed by atoms with Gasteiger partial charge >= 0.3 is 6.18 Å². The van der Waals surface area contributed by atoms with Crippen LogP contribution in [0.4, 0.5) is 13.2 Å². The number of sulfone groups is 1. The van der Waals surface area contributed by atoms with Crippen LogP contribution in [0.3, 0.4) is 0 Å². The van der Waals surface area contributed by atoms with Crippen LogP contribution in [-0.2, 0) is 16.0 Å². The van der Waals surface area contributed by atoms with E-state index in [1.54, 1.807) is 23.0 Å². The predicted molar refractivity (Wildman–Crippen MR) is 101 cm³/mol. The van der Waals surface area contributed by atoms with Crippen molar-refractivity contribution in [3.05, 3.63) is 41.6 Å². The Morgan fingerprint density at radius 1 is 1.17 bits per heavy atom. The molecule has 0 amide bonds. The molecule has 1 aliphatic rings. The van der Waals surface area contributed by atoms with E-state index in [-0.39, 0.29) is 28.7 Å². The van der Waals surface area contributed by atoms with E-state index in [1.165, 1.54) is 6.92 Å². The second-order valence-electron chi connectivity index (χ2n) is 7.29. The summed E-state index contributed by atoms with van der Waals surface area (Å²) in [5, 5.41) is 15.4. The molecule has 0 radical (unpaired) electrons. The number of fused-ring (bicyclic) bond motifs is 1. The minimum Gasteiger partial charge on any atom is -0.507 e. The first kappa shape index (κ1) is 19.7. The van der Waals surface area contributed by atoms with E-state index in [0.29, 0.717) is 30.2 Å². The van der Waals surface area contributed by atoms with Crippen LogP contribution in [-0.4, -0.2) is 39.8 Å². The zero-order chi connectivity index (χ0) is 21.0. The van der Waals surface area contributed by atoms with Gasteiger partial charge in [-0.2, -0.15) is 18.3 Å². The molecular weight excluding hydrogens is 407 g/mol. The Balaban J connectivity index is 1.70. The first-order valence-corrected chi connectivity index (χ1v) is 10.8. The molecule has 154 valence electrons. The lowest BCUT2D eigenvalue weighted by Crippen LogP contribution is -2.25. The molecule has 0 aliphatic carbocycles. The molecule has 0 bridgehead atoms. The zero-order valence-electron chi connectivity index (χ0n) is 15.4. The molecular formula is C19H18F3N3O3S. The van der Waals surface area contributed by atoms with E-state index in [9.17, 15) is 26.7 Å². The molecule has 3 heterocycles. The molecule has 1 aliphatic heterocycles. The second-order valence-corrected chi connectivity index (χ2v) is 9.59. The smallest absolute Gasteiger partial charge is 0.416 e. The van der Waals surface area contributed by atoms with Gasteiger partial charge < -0.3 is 5.11 Å². The van der Waals surface area contributed by atoms with Gasteiger partial charge in [-0.05, 0) is 49.6 Å². The fourth-order valence-corrected chi connectivity index (χ4v) is 5.12. The van der Waals surface area contributed by atoms with Crippen molar-refractivity contribution in [1.29, 1.82) is 0 Å². The Labute approximate surface area is 164 Å². The average molecular weight is 425 g/mol. The summed E-state index contributed by atoms with van der Waals surface area (Å²) in [7, 11) is -2.98. The molecule has 0 saturated carbocycles. The van der Waals surface area contributed by atoms with E-state index in [1.807, 2.05) is 0 Å². The van der Waals surface area contributed by atoms with Gasteiger partial charge in [0.2, 0.25) is 0 Å². The minimum atomic E-state index is -4.55. The summed E-state index contributed by atoms with van der Waals surface area (Å²) in [6.07, 6.45) is -1.82. The van der Waals surface area contributed by atoms with Crippen LogP contribution in [0.1, 0.15) is 30.0 Å². The number of aromatic nitrogens is 3. The van der Waals surface area contributed by atoms with Gasteiger partial charge in [0.05, 0.1) is 28.8 Å². The van der Waals surface area contributed by atoms with Crippen molar-refractivity contribution < 1.29 is 26.7 Å². The van der Waals surface area contributed by atoms with Crippen molar-refractivity contribution in [1.82, 2.24) is 14.8 Å². The van der Waals surface area contributed by atoms with Gasteiger partial charge in [0.1, 0.15) is 15.6 Å². The number of hydrogen-bond acceptors (Lipinski definition) is 5. The molecule has 1 aromatic carbocycles. The number of aromatic hydroxyl groups is 1. The molecule has 10 heteroatoms. The summed E-state index contributed by atoms with van der Waals surface area (Å²) < 4.78 is 63.8. The lowest BCUT2D eigenvalue weighted by atomic mass is 10.00. The minimum absolute atomic E-state index is 0.0441. The van der Waals surface area contributed by atoms with Crippen molar-refractivity contribution in [2.75, 3.05) is 11.5 Å². The summed E-state index contributed by atoms with van der Waals surface area (Å²) in [4.78, 5) is 4.41. The fraction of sp³-hybridized carbons (Fsp3) is 0.368. The number of aryl methyl sites for hydroxylation is 1. The maximum atomic E-state index is 12.9. The van der Waals surface area contributed by atoms with Crippen LogP contribution in [0.5, 0.6) is 5.75 Å². The maximum Gasteiger partial charge on any atom is 0.416 e. The van der Waals surface area contributed by atoms with Crippen LogP contribution in [0.15, 0.2) is 30.5 Å². The molecule has 1 N–H and O–H groups in total. The summed E-state index contributed by atoms with van der Waals surface area (Å²) in [6.45, 7) is 1.48. The number of phenolic OH excluding ortho intramolecular Hbond substituents is 1. The quantitative estimate of drug-likeness (QED) is 0.674. The van der Waals surface area contributed by atoms with Gasteiger partial charge in [-0.15, -0.1) is 0 Å². The number of hydrogen-bond donors (Lipinski definition) is 1. The van der Waals surface area contributed by atoms with E-state index in [2.05, 4.69) is 10.1 Å². The number of nitrogens with zero attached hydrogens (tertiary/aromatic N) is 3. The highest BCUT2D eigenvalue weighted by Crippen LogP contribution is 2.38. The standard InChI is InChI=1S/C19H18F3N3O3S/c1-11-8-13(19(20,21)22)9-16(26)17(11)15-3-2-12-10-25(24-18(12)23-15)14-4-6-29(27,28)7-5-14/h2-3,8-10,14,26H,4-7H2,1H3. The fourth-order valence-electron chi connectivity index (χ4n) is 3.65. The Hall–Kier alpha value is -2.62. The maximum absolute atomic E-state index is 12.9. The van der Waals surface area contributed by atoms with Crippen LogP contribution in [0.25, 0.3) is 22.3 Å². The Morgan fingerprint density at radius 2 is 1.86 bits per heavy atom. The number of phenols is 1. The topological polar surface area (TPSA) is 85.1 Å². The summed E-state index contributed by atoms with van der Waals surface area (Å²) in [5.74, 6) is -0.267. The van der Waals surface area contributed by atoms with Crippen LogP contribution in [0, 0.1) is 6.92 Å². The SMILES string of the molecule is Cc1cc(C(F)(F)F)cc(O)c1-c1ccc2cn(C3CCS(=O)(=O)CC3)nc2n1. The van der Waals surface area contributed by atoms with Crippen LogP contribution < -0.4 is 0 Å². The van der Waals surface area contributed by atoms with Gasteiger partial charge in [0.15, 0.2) is 5.65 Å². The van der Waals surface area contributed by atoms with Crippen molar-refractivity contribution in [2.45, 2.75) is 32.0 Å². The van der Waals surface area contributed by atoms with Gasteiger partial charge in [-0.25, -0.2) is 13.4 Å². The van der Waals surface area contributed by atoms with Gasteiger partial charge in [-0.3, -0.25) is 4.68 Å². The summed E-state index contributed by atoms with van der Waals surface area (Å²) >= 11 is 0. The molecule has 29 heavy (non-hydrogen) atoms. The molecule has 1 saturated heterocycles. The second kappa shape index (κ2) is 6.72. The summed E-state index contributed by atoms with van der Waals surface area (Å²) in [5.41, 5.74) is 0.250. The summed E-state index contributed by atoms with van der Waals surface area (Å²) in [6, 6.07) is 4.97. The molecule has 4 rings (SSSR count). The largest absolute Gasteiger partial charge is 0.507 e.